The van der Waals surface area contributed by atoms with Gasteiger partial charge in [0.05, 0.1) is 5.56 Å². The van der Waals surface area contributed by atoms with Crippen molar-refractivity contribution in [2.24, 2.45) is 5.41 Å². The number of carboxylic acid groups (broad SMARTS) is 1. The second-order valence-corrected chi connectivity index (χ2v) is 7.15. The van der Waals surface area contributed by atoms with Crippen LogP contribution < -0.4 is 4.72 Å². The number of benzene rings is 1. The fourth-order valence-corrected chi connectivity index (χ4v) is 2.91. The summed E-state index contributed by atoms with van der Waals surface area (Å²) in [5, 5.41) is 17.6. The summed E-state index contributed by atoms with van der Waals surface area (Å²) in [7, 11) is -4.08. The number of carboxylic acids is 1. The predicted octanol–water partition coefficient (Wildman–Crippen LogP) is 1.21. The summed E-state index contributed by atoms with van der Waals surface area (Å²) in [5.41, 5.74) is -0.814. The molecule has 0 saturated heterocycles. The lowest BCUT2D eigenvalue weighted by molar-refractivity contribution is 0.0696. The molecule has 6 nitrogen and oxygen atoms in total. The third kappa shape index (κ3) is 4.76. The highest BCUT2D eigenvalue weighted by Crippen LogP contribution is 2.21. The lowest BCUT2D eigenvalue weighted by Crippen LogP contribution is -2.35. The van der Waals surface area contributed by atoms with Crippen molar-refractivity contribution in [3.05, 3.63) is 29.6 Å². The van der Waals surface area contributed by atoms with Gasteiger partial charge in [0.25, 0.3) is 0 Å². The first-order valence-electron chi connectivity index (χ1n) is 6.22. The van der Waals surface area contributed by atoms with Gasteiger partial charge in [0.15, 0.2) is 0 Å². The Morgan fingerprint density at radius 1 is 1.38 bits per heavy atom. The molecule has 1 aromatic carbocycles. The number of hydrogen-bond acceptors (Lipinski definition) is 4. The average Bonchev–Trinajstić information content (AvgIpc) is 2.36. The zero-order valence-electron chi connectivity index (χ0n) is 11.8. The Bertz CT molecular complexity index is 627. The highest BCUT2D eigenvalue weighted by Gasteiger charge is 2.24. The summed E-state index contributed by atoms with van der Waals surface area (Å²) >= 11 is 0. The minimum absolute atomic E-state index is 0.0238. The van der Waals surface area contributed by atoms with Crippen molar-refractivity contribution in [3.63, 3.8) is 0 Å². The summed E-state index contributed by atoms with van der Waals surface area (Å²) in [4.78, 5) is 10.1. The van der Waals surface area contributed by atoms with Crippen LogP contribution in [-0.2, 0) is 10.0 Å². The highest BCUT2D eigenvalue weighted by atomic mass is 32.2. The van der Waals surface area contributed by atoms with Crippen LogP contribution in [0.1, 0.15) is 30.6 Å². The molecular formula is C13H18FNO5S. The van der Waals surface area contributed by atoms with Crippen molar-refractivity contribution >= 4 is 16.0 Å². The maximum Gasteiger partial charge on any atom is 0.335 e. The number of sulfonamides is 1. The minimum atomic E-state index is -4.08. The van der Waals surface area contributed by atoms with Crippen molar-refractivity contribution in [1.29, 1.82) is 0 Å². The van der Waals surface area contributed by atoms with Gasteiger partial charge in [-0.3, -0.25) is 0 Å². The zero-order chi connectivity index (χ0) is 16.3. The molecule has 0 heterocycles. The number of nitrogens with one attached hydrogen (secondary N) is 1. The Labute approximate surface area is 122 Å². The van der Waals surface area contributed by atoms with E-state index in [4.69, 9.17) is 10.2 Å². The molecule has 0 saturated carbocycles. The third-order valence-corrected chi connectivity index (χ3v) is 4.43. The first-order valence-corrected chi connectivity index (χ1v) is 7.71. The molecule has 1 aromatic rings. The molecule has 0 bridgehead atoms. The van der Waals surface area contributed by atoms with Crippen molar-refractivity contribution in [3.8, 4) is 0 Å². The van der Waals surface area contributed by atoms with E-state index in [1.165, 1.54) is 0 Å². The molecule has 1 rings (SSSR count). The van der Waals surface area contributed by atoms with Gasteiger partial charge in [-0.1, -0.05) is 13.8 Å². The van der Waals surface area contributed by atoms with Gasteiger partial charge >= 0.3 is 5.97 Å². The summed E-state index contributed by atoms with van der Waals surface area (Å²) < 4.78 is 40.1. The molecule has 0 aliphatic heterocycles. The van der Waals surface area contributed by atoms with Crippen LogP contribution in [0.5, 0.6) is 0 Å². The van der Waals surface area contributed by atoms with E-state index < -0.39 is 32.1 Å². The Morgan fingerprint density at radius 3 is 2.48 bits per heavy atom. The minimum Gasteiger partial charge on any atom is -0.478 e. The van der Waals surface area contributed by atoms with Crippen molar-refractivity contribution in [1.82, 2.24) is 4.72 Å². The van der Waals surface area contributed by atoms with Crippen molar-refractivity contribution < 1.29 is 27.8 Å². The Morgan fingerprint density at radius 2 is 2.00 bits per heavy atom. The molecule has 0 amide bonds. The van der Waals surface area contributed by atoms with Gasteiger partial charge in [0, 0.05) is 13.2 Å². The molecule has 118 valence electrons. The van der Waals surface area contributed by atoms with Crippen LogP contribution in [0.25, 0.3) is 0 Å². The van der Waals surface area contributed by atoms with E-state index in [9.17, 15) is 17.6 Å². The number of rotatable bonds is 7. The smallest absolute Gasteiger partial charge is 0.335 e. The van der Waals surface area contributed by atoms with Gasteiger partial charge in [0.2, 0.25) is 10.0 Å². The molecule has 3 N–H and O–H groups in total. The van der Waals surface area contributed by atoms with Crippen molar-refractivity contribution in [2.75, 3.05) is 13.2 Å². The molecule has 8 heteroatoms. The van der Waals surface area contributed by atoms with E-state index in [2.05, 4.69) is 4.72 Å². The van der Waals surface area contributed by atoms with E-state index in [1.54, 1.807) is 13.8 Å². The fraction of sp³-hybridized carbons (Fsp3) is 0.462. The predicted molar refractivity (Wildman–Crippen MR) is 74.0 cm³/mol. The number of aliphatic hydroxyl groups excluding tert-OH is 1. The van der Waals surface area contributed by atoms with Crippen LogP contribution in [-0.4, -0.2) is 37.8 Å². The topological polar surface area (TPSA) is 104 Å². The number of carbonyl (C=O) groups is 1. The van der Waals surface area contributed by atoms with Crippen molar-refractivity contribution in [2.45, 2.75) is 25.2 Å². The largest absolute Gasteiger partial charge is 0.478 e. The van der Waals surface area contributed by atoms with Gasteiger partial charge < -0.3 is 10.2 Å². The molecule has 0 radical (unpaired) electrons. The number of hydrogen-bond donors (Lipinski definition) is 3. The summed E-state index contributed by atoms with van der Waals surface area (Å²) in [6.45, 7) is 3.46. The fourth-order valence-electron chi connectivity index (χ4n) is 1.61. The lowest BCUT2D eigenvalue weighted by atomic mass is 9.90. The van der Waals surface area contributed by atoms with E-state index in [0.29, 0.717) is 12.5 Å². The molecule has 0 aliphatic carbocycles. The van der Waals surface area contributed by atoms with Gasteiger partial charge in [-0.05, 0) is 30.0 Å². The van der Waals surface area contributed by atoms with Gasteiger partial charge in [0.1, 0.15) is 10.7 Å². The molecule has 0 fully saturated rings. The number of aromatic carboxylic acids is 1. The number of halogens is 1. The first-order chi connectivity index (χ1) is 9.59. The van der Waals surface area contributed by atoms with Gasteiger partial charge in [-0.25, -0.2) is 22.3 Å². The van der Waals surface area contributed by atoms with E-state index in [0.717, 1.165) is 12.1 Å². The van der Waals surface area contributed by atoms with Crippen LogP contribution >= 0.6 is 0 Å². The van der Waals surface area contributed by atoms with Crippen LogP contribution in [0.15, 0.2) is 23.1 Å². The average molecular weight is 319 g/mol. The molecule has 21 heavy (non-hydrogen) atoms. The van der Waals surface area contributed by atoms with Crippen LogP contribution in [0.4, 0.5) is 4.39 Å². The van der Waals surface area contributed by atoms with Gasteiger partial charge in [-0.2, -0.15) is 0 Å². The first kappa shape index (κ1) is 17.5. The third-order valence-electron chi connectivity index (χ3n) is 3.00. The maximum atomic E-state index is 13.8. The molecule has 0 unspecified atom stereocenters. The second-order valence-electron chi connectivity index (χ2n) is 5.41. The normalized spacial score (nSPS) is 12.4. The van der Waals surface area contributed by atoms with Crippen LogP contribution in [0, 0.1) is 11.2 Å². The Hall–Kier alpha value is -1.51. The summed E-state index contributed by atoms with van der Waals surface area (Å²) in [5.74, 6) is -2.46. The Balaban J connectivity index is 2.96. The maximum absolute atomic E-state index is 13.8. The lowest BCUT2D eigenvalue weighted by Gasteiger charge is -2.23. The molecule has 0 aliphatic rings. The molecule has 0 atom stereocenters. The van der Waals surface area contributed by atoms with E-state index in [-0.39, 0.29) is 18.7 Å². The monoisotopic (exact) mass is 319 g/mol. The van der Waals surface area contributed by atoms with Crippen LogP contribution in [0.2, 0.25) is 0 Å². The number of aliphatic hydroxyl groups is 1. The van der Waals surface area contributed by atoms with Gasteiger partial charge in [-0.15, -0.1) is 0 Å². The van der Waals surface area contributed by atoms with Crippen LogP contribution in [0.3, 0.4) is 0 Å². The Kier molecular flexibility index (Phi) is 5.43. The standard InChI is InChI=1S/C13H18FNO5S/c1-13(2,5-6-16)8-15-21(19,20)11-4-3-9(12(17)18)7-10(11)14/h3-4,7,15-16H,5-6,8H2,1-2H3,(H,17,18). The quantitative estimate of drug-likeness (QED) is 0.701. The SMILES string of the molecule is CC(C)(CCO)CNS(=O)(=O)c1ccc(C(=O)O)cc1F. The molecule has 0 spiro atoms. The summed E-state index contributed by atoms with van der Waals surface area (Å²) in [6, 6.07) is 2.61. The van der Waals surface area contributed by atoms with E-state index in [1.807, 2.05) is 0 Å². The second kappa shape index (κ2) is 6.50. The van der Waals surface area contributed by atoms with E-state index >= 15 is 0 Å². The summed E-state index contributed by atoms with van der Waals surface area (Å²) in [6.07, 6.45) is 0.385. The highest BCUT2D eigenvalue weighted by molar-refractivity contribution is 7.89. The molecular weight excluding hydrogens is 301 g/mol. The zero-order valence-corrected chi connectivity index (χ0v) is 12.6. The molecule has 0 aromatic heterocycles.